The zero-order valence-corrected chi connectivity index (χ0v) is 11.9. The van der Waals surface area contributed by atoms with Crippen LogP contribution in [0.3, 0.4) is 0 Å². The first kappa shape index (κ1) is 14.3. The first-order chi connectivity index (χ1) is 9.16. The molecular formula is C15H21FN2S. The average Bonchev–Trinajstić information content (AvgIpc) is 2.41. The third-order valence-electron chi connectivity index (χ3n) is 3.84. The minimum Gasteiger partial charge on any atom is -0.389 e. The molecule has 1 aliphatic rings. The molecule has 0 aliphatic heterocycles. The summed E-state index contributed by atoms with van der Waals surface area (Å²) in [6.07, 6.45) is 7.95. The first-order valence-electron chi connectivity index (χ1n) is 7.00. The van der Waals surface area contributed by atoms with Crippen molar-refractivity contribution < 1.29 is 4.39 Å². The minimum atomic E-state index is -0.305. The molecule has 0 spiro atoms. The van der Waals surface area contributed by atoms with E-state index in [0.29, 0.717) is 5.56 Å². The molecule has 1 aromatic carbocycles. The van der Waals surface area contributed by atoms with Crippen molar-refractivity contribution in [1.29, 1.82) is 0 Å². The molecule has 2 rings (SSSR count). The number of hydrogen-bond donors (Lipinski definition) is 2. The fourth-order valence-corrected chi connectivity index (χ4v) is 2.93. The Hall–Kier alpha value is -1.16. The molecule has 104 valence electrons. The zero-order chi connectivity index (χ0) is 13.7. The highest BCUT2D eigenvalue weighted by molar-refractivity contribution is 7.80. The number of halogens is 1. The van der Waals surface area contributed by atoms with Gasteiger partial charge in [0.15, 0.2) is 0 Å². The molecule has 1 aliphatic carbocycles. The predicted octanol–water partition coefficient (Wildman–Crippen LogP) is 3.84. The molecule has 4 heteroatoms. The molecule has 0 radical (unpaired) electrons. The Bertz CT molecular complexity index is 442. The summed E-state index contributed by atoms with van der Waals surface area (Å²) in [4.78, 5) is 0.236. The Morgan fingerprint density at radius 1 is 1.32 bits per heavy atom. The van der Waals surface area contributed by atoms with E-state index < -0.39 is 0 Å². The second-order valence-electron chi connectivity index (χ2n) is 5.27. The summed E-state index contributed by atoms with van der Waals surface area (Å²) in [5, 5.41) is 3.33. The van der Waals surface area contributed by atoms with Crippen molar-refractivity contribution in [3.63, 3.8) is 0 Å². The third kappa shape index (κ3) is 4.16. The van der Waals surface area contributed by atoms with Gasteiger partial charge in [-0.1, -0.05) is 44.3 Å². The molecule has 0 heterocycles. The van der Waals surface area contributed by atoms with Crippen LogP contribution in [-0.4, -0.2) is 11.5 Å². The van der Waals surface area contributed by atoms with Crippen molar-refractivity contribution in [2.45, 2.75) is 38.5 Å². The van der Waals surface area contributed by atoms with Gasteiger partial charge < -0.3 is 11.1 Å². The molecule has 0 unspecified atom stereocenters. The molecule has 3 N–H and O–H groups in total. The van der Waals surface area contributed by atoms with E-state index >= 15 is 0 Å². The molecule has 1 saturated carbocycles. The molecule has 0 bridgehead atoms. The number of hydrogen-bond acceptors (Lipinski definition) is 2. The Morgan fingerprint density at radius 3 is 2.74 bits per heavy atom. The number of rotatable bonds is 5. The lowest BCUT2D eigenvalue weighted by atomic mass is 9.87. The van der Waals surface area contributed by atoms with E-state index in [1.165, 1.54) is 44.2 Å². The van der Waals surface area contributed by atoms with Gasteiger partial charge >= 0.3 is 0 Å². The second-order valence-corrected chi connectivity index (χ2v) is 5.71. The molecule has 19 heavy (non-hydrogen) atoms. The zero-order valence-electron chi connectivity index (χ0n) is 11.1. The van der Waals surface area contributed by atoms with E-state index in [-0.39, 0.29) is 10.8 Å². The van der Waals surface area contributed by atoms with Crippen LogP contribution in [0.2, 0.25) is 0 Å². The van der Waals surface area contributed by atoms with Gasteiger partial charge in [-0.15, -0.1) is 0 Å². The lowest BCUT2D eigenvalue weighted by molar-refractivity contribution is 0.345. The van der Waals surface area contributed by atoms with Crippen molar-refractivity contribution in [2.75, 3.05) is 11.9 Å². The maximum atomic E-state index is 13.2. The number of nitrogens with two attached hydrogens (primary N) is 1. The van der Waals surface area contributed by atoms with E-state index in [0.717, 1.165) is 24.6 Å². The number of benzene rings is 1. The Labute approximate surface area is 119 Å². The van der Waals surface area contributed by atoms with Crippen LogP contribution in [-0.2, 0) is 0 Å². The van der Waals surface area contributed by atoms with Crippen LogP contribution in [0.15, 0.2) is 18.2 Å². The van der Waals surface area contributed by atoms with Gasteiger partial charge in [0.2, 0.25) is 0 Å². The van der Waals surface area contributed by atoms with Gasteiger partial charge in [0.25, 0.3) is 0 Å². The van der Waals surface area contributed by atoms with Crippen molar-refractivity contribution >= 4 is 22.9 Å². The smallest absolute Gasteiger partial charge is 0.124 e. The summed E-state index contributed by atoms with van der Waals surface area (Å²) in [5.41, 5.74) is 7.06. The van der Waals surface area contributed by atoms with E-state index in [1.54, 1.807) is 6.07 Å². The molecule has 0 saturated heterocycles. The first-order valence-corrected chi connectivity index (χ1v) is 7.41. The van der Waals surface area contributed by atoms with E-state index in [2.05, 4.69) is 5.32 Å². The largest absolute Gasteiger partial charge is 0.389 e. The maximum Gasteiger partial charge on any atom is 0.124 e. The van der Waals surface area contributed by atoms with Gasteiger partial charge in [0.1, 0.15) is 10.8 Å². The molecule has 0 atom stereocenters. The van der Waals surface area contributed by atoms with Crippen molar-refractivity contribution in [3.05, 3.63) is 29.6 Å². The van der Waals surface area contributed by atoms with Crippen LogP contribution in [0.5, 0.6) is 0 Å². The molecule has 1 aromatic rings. The summed E-state index contributed by atoms with van der Waals surface area (Å²) < 4.78 is 13.2. The fourth-order valence-electron chi connectivity index (χ4n) is 2.76. The van der Waals surface area contributed by atoms with Gasteiger partial charge in [0.05, 0.1) is 0 Å². The average molecular weight is 280 g/mol. The van der Waals surface area contributed by atoms with Gasteiger partial charge in [-0.3, -0.25) is 0 Å². The SMILES string of the molecule is NC(=S)c1cc(F)ccc1NCCC1CCCCC1. The van der Waals surface area contributed by atoms with Crippen molar-refractivity contribution in [1.82, 2.24) is 0 Å². The summed E-state index contributed by atoms with van der Waals surface area (Å²) in [5.74, 6) is 0.524. The quantitative estimate of drug-likeness (QED) is 0.805. The number of thiocarbonyl (C=S) groups is 1. The Balaban J connectivity index is 1.89. The van der Waals surface area contributed by atoms with Crippen LogP contribution >= 0.6 is 12.2 Å². The topological polar surface area (TPSA) is 38.0 Å². The predicted molar refractivity (Wildman–Crippen MR) is 82.0 cm³/mol. The summed E-state index contributed by atoms with van der Waals surface area (Å²) in [7, 11) is 0. The highest BCUT2D eigenvalue weighted by Gasteiger charge is 2.13. The highest BCUT2D eigenvalue weighted by Crippen LogP contribution is 2.26. The third-order valence-corrected chi connectivity index (χ3v) is 4.06. The second kappa shape index (κ2) is 6.85. The van der Waals surface area contributed by atoms with E-state index in [9.17, 15) is 4.39 Å². The van der Waals surface area contributed by atoms with E-state index in [1.807, 2.05) is 0 Å². The van der Waals surface area contributed by atoms with E-state index in [4.69, 9.17) is 18.0 Å². The highest BCUT2D eigenvalue weighted by atomic mass is 32.1. The monoisotopic (exact) mass is 280 g/mol. The number of nitrogens with one attached hydrogen (secondary N) is 1. The fraction of sp³-hybridized carbons (Fsp3) is 0.533. The normalized spacial score (nSPS) is 16.3. The summed E-state index contributed by atoms with van der Waals surface area (Å²) in [6, 6.07) is 4.54. The van der Waals surface area contributed by atoms with Crippen LogP contribution < -0.4 is 11.1 Å². The number of anilines is 1. The van der Waals surface area contributed by atoms with Crippen LogP contribution in [0.4, 0.5) is 10.1 Å². The minimum absolute atomic E-state index is 0.236. The summed E-state index contributed by atoms with van der Waals surface area (Å²) in [6.45, 7) is 0.895. The molecule has 0 amide bonds. The lowest BCUT2D eigenvalue weighted by Gasteiger charge is -2.22. The lowest BCUT2D eigenvalue weighted by Crippen LogP contribution is -2.16. The standard InChI is InChI=1S/C15H21FN2S/c16-12-6-7-14(13(10-12)15(17)19)18-9-8-11-4-2-1-3-5-11/h6-7,10-11,18H,1-5,8-9H2,(H2,17,19). The van der Waals surface area contributed by atoms with Crippen LogP contribution in [0, 0.1) is 11.7 Å². The van der Waals surface area contributed by atoms with Gasteiger partial charge in [0, 0.05) is 17.8 Å². The van der Waals surface area contributed by atoms with Crippen LogP contribution in [0.25, 0.3) is 0 Å². The van der Waals surface area contributed by atoms with Gasteiger partial charge in [-0.25, -0.2) is 4.39 Å². The summed E-state index contributed by atoms with van der Waals surface area (Å²) >= 11 is 4.96. The van der Waals surface area contributed by atoms with Crippen molar-refractivity contribution in [2.24, 2.45) is 11.7 Å². The Kier molecular flexibility index (Phi) is 5.14. The van der Waals surface area contributed by atoms with Crippen molar-refractivity contribution in [3.8, 4) is 0 Å². The van der Waals surface area contributed by atoms with Gasteiger partial charge in [-0.05, 0) is 30.5 Å². The van der Waals surface area contributed by atoms with Gasteiger partial charge in [-0.2, -0.15) is 0 Å². The molecule has 0 aromatic heterocycles. The molecule has 1 fully saturated rings. The Morgan fingerprint density at radius 2 is 2.05 bits per heavy atom. The molecule has 2 nitrogen and oxygen atoms in total. The maximum absolute atomic E-state index is 13.2. The van der Waals surface area contributed by atoms with Crippen LogP contribution in [0.1, 0.15) is 44.1 Å². The molecular weight excluding hydrogens is 259 g/mol.